The first kappa shape index (κ1) is 24.5. The third-order valence-corrected chi connectivity index (χ3v) is 7.01. The second-order valence-corrected chi connectivity index (χ2v) is 9.37. The summed E-state index contributed by atoms with van der Waals surface area (Å²) in [4.78, 5) is 29.7. The number of pyridine rings is 1. The number of fused-ring (bicyclic) bond motifs is 3. The molecule has 2 N–H and O–H groups in total. The van der Waals surface area contributed by atoms with E-state index < -0.39 is 11.4 Å². The fourth-order valence-electron chi connectivity index (χ4n) is 4.88. The largest absolute Gasteiger partial charge is 0.507 e. The number of aromatic hydroxyl groups is 1. The number of phenolic OH excluding ortho intramolecular Hbond substituents is 1. The Hall–Kier alpha value is -4.88. The molecular formula is C31H21ClN2O5. The first-order valence-corrected chi connectivity index (χ1v) is 12.5. The third kappa shape index (κ3) is 4.23. The van der Waals surface area contributed by atoms with Crippen LogP contribution in [0, 0.1) is 0 Å². The van der Waals surface area contributed by atoms with Crippen molar-refractivity contribution in [2.75, 3.05) is 12.4 Å². The van der Waals surface area contributed by atoms with Crippen LogP contribution in [0.25, 0.3) is 44.3 Å². The number of hydrogen-bond acceptors (Lipinski definition) is 7. The fraction of sp³-hybridized carbons (Fsp3) is 0.0645. The molecule has 0 atom stereocenters. The Labute approximate surface area is 227 Å². The van der Waals surface area contributed by atoms with Gasteiger partial charge in [0.15, 0.2) is 0 Å². The van der Waals surface area contributed by atoms with E-state index in [-0.39, 0.29) is 23.1 Å². The van der Waals surface area contributed by atoms with Crippen molar-refractivity contribution in [1.29, 1.82) is 0 Å². The second-order valence-electron chi connectivity index (χ2n) is 8.97. The van der Waals surface area contributed by atoms with E-state index in [0.717, 1.165) is 16.6 Å². The number of nitrogens with one attached hydrogen (secondary N) is 1. The Bertz CT molecular complexity index is 1930. The summed E-state index contributed by atoms with van der Waals surface area (Å²) in [5.41, 5.74) is 4.10. The molecule has 6 rings (SSSR count). The summed E-state index contributed by atoms with van der Waals surface area (Å²) >= 11 is 6.25. The monoisotopic (exact) mass is 536 g/mol. The van der Waals surface area contributed by atoms with E-state index >= 15 is 0 Å². The molecule has 0 spiro atoms. The second kappa shape index (κ2) is 9.78. The van der Waals surface area contributed by atoms with Gasteiger partial charge in [-0.05, 0) is 42.0 Å². The average Bonchev–Trinajstić information content (AvgIpc) is 2.96. The van der Waals surface area contributed by atoms with Crippen molar-refractivity contribution < 1.29 is 19.1 Å². The van der Waals surface area contributed by atoms with Gasteiger partial charge in [0.1, 0.15) is 17.1 Å². The number of carbonyl (C=O) groups excluding carboxylic acids is 1. The van der Waals surface area contributed by atoms with Crippen molar-refractivity contribution in [1.82, 2.24) is 4.98 Å². The molecule has 0 saturated heterocycles. The first-order valence-electron chi connectivity index (χ1n) is 12.1. The van der Waals surface area contributed by atoms with Crippen LogP contribution in [0.1, 0.15) is 15.9 Å². The van der Waals surface area contributed by atoms with Crippen LogP contribution in [0.4, 0.5) is 5.69 Å². The summed E-state index contributed by atoms with van der Waals surface area (Å²) in [6.45, 7) is 0.198. The van der Waals surface area contributed by atoms with Crippen molar-refractivity contribution >= 4 is 45.1 Å². The number of para-hydroxylation sites is 1. The molecule has 7 nitrogen and oxygen atoms in total. The Kier molecular flexibility index (Phi) is 6.13. The zero-order valence-corrected chi connectivity index (χ0v) is 21.5. The molecule has 1 aromatic heterocycles. The number of aromatic nitrogens is 1. The van der Waals surface area contributed by atoms with E-state index in [9.17, 15) is 14.7 Å². The van der Waals surface area contributed by atoms with Gasteiger partial charge < -0.3 is 19.6 Å². The molecule has 192 valence electrons. The van der Waals surface area contributed by atoms with Crippen molar-refractivity contribution in [3.63, 3.8) is 0 Å². The maximum atomic E-state index is 12.7. The number of ether oxygens (including phenoxy) is 1. The fourth-order valence-corrected chi connectivity index (χ4v) is 5.04. The van der Waals surface area contributed by atoms with E-state index in [4.69, 9.17) is 20.8 Å². The quantitative estimate of drug-likeness (QED) is 0.183. The van der Waals surface area contributed by atoms with Gasteiger partial charge in [0.05, 0.1) is 34.5 Å². The van der Waals surface area contributed by atoms with Crippen molar-refractivity contribution in [2.45, 2.75) is 6.54 Å². The molecule has 0 saturated carbocycles. The maximum Gasteiger partial charge on any atom is 0.338 e. The van der Waals surface area contributed by atoms with E-state index in [1.165, 1.54) is 19.2 Å². The van der Waals surface area contributed by atoms with Crippen LogP contribution in [0.5, 0.6) is 5.75 Å². The van der Waals surface area contributed by atoms with E-state index in [1.807, 2.05) is 36.4 Å². The minimum atomic E-state index is -0.511. The van der Waals surface area contributed by atoms with Gasteiger partial charge in [-0.25, -0.2) is 4.79 Å². The third-order valence-electron chi connectivity index (χ3n) is 6.71. The molecule has 39 heavy (non-hydrogen) atoms. The first-order chi connectivity index (χ1) is 19.0. The molecule has 2 heterocycles. The maximum absolute atomic E-state index is 12.7. The summed E-state index contributed by atoms with van der Waals surface area (Å²) < 4.78 is 11.3. The normalized spacial score (nSPS) is 11.2. The molecule has 0 amide bonds. The van der Waals surface area contributed by atoms with E-state index in [2.05, 4.69) is 10.3 Å². The molecule has 4 aromatic rings. The highest BCUT2D eigenvalue weighted by atomic mass is 35.5. The zero-order valence-electron chi connectivity index (χ0n) is 20.7. The molecule has 0 bridgehead atoms. The number of carbonyl (C=O) groups is 1. The molecule has 2 aliphatic rings. The van der Waals surface area contributed by atoms with Gasteiger partial charge in [0.25, 0.3) is 0 Å². The van der Waals surface area contributed by atoms with Crippen LogP contribution in [0.3, 0.4) is 0 Å². The van der Waals surface area contributed by atoms with Crippen molar-refractivity contribution in [3.05, 3.63) is 111 Å². The van der Waals surface area contributed by atoms with Gasteiger partial charge in [-0.3, -0.25) is 9.78 Å². The van der Waals surface area contributed by atoms with Gasteiger partial charge in [0, 0.05) is 40.7 Å². The SMILES string of the molecule is COC(=O)c1ccccc1-c1c2cc(Cl)c(=O)cc-2oc2c(CNc3cccc4cccnc34)c(O)ccc12. The molecule has 0 fully saturated rings. The van der Waals surface area contributed by atoms with Gasteiger partial charge in [-0.2, -0.15) is 0 Å². The number of rotatable bonds is 5. The standard InChI is InChI=1S/C31H21ClN2O5/c1-38-31(37)19-9-3-2-8-18(19)28-20-11-12-25(35)22(30(20)39-27-15-26(36)23(32)14-21(27)28)16-34-24-10-4-6-17-7-5-13-33-29(17)24/h2-15,34-35H,16H2,1H3. The van der Waals surface area contributed by atoms with Crippen LogP contribution in [-0.4, -0.2) is 23.2 Å². The summed E-state index contributed by atoms with van der Waals surface area (Å²) in [7, 11) is 1.32. The molecule has 0 unspecified atom stereocenters. The van der Waals surface area contributed by atoms with Gasteiger partial charge >= 0.3 is 5.97 Å². The summed E-state index contributed by atoms with van der Waals surface area (Å²) in [5, 5.41) is 15.9. The van der Waals surface area contributed by atoms with E-state index in [1.54, 1.807) is 36.5 Å². The zero-order chi connectivity index (χ0) is 27.1. The highest BCUT2D eigenvalue weighted by molar-refractivity contribution is 6.31. The van der Waals surface area contributed by atoms with Crippen LogP contribution < -0.4 is 10.7 Å². The molecular weight excluding hydrogens is 516 g/mol. The van der Waals surface area contributed by atoms with Crippen LogP contribution in [0.15, 0.2) is 94.3 Å². The predicted molar refractivity (Wildman–Crippen MR) is 152 cm³/mol. The van der Waals surface area contributed by atoms with Crippen LogP contribution in [-0.2, 0) is 11.3 Å². The summed E-state index contributed by atoms with van der Waals surface area (Å²) in [6.07, 6.45) is 1.72. The number of hydrogen-bond donors (Lipinski definition) is 2. The molecule has 0 radical (unpaired) electrons. The highest BCUT2D eigenvalue weighted by Gasteiger charge is 2.25. The Morgan fingerprint density at radius 3 is 2.69 bits per heavy atom. The lowest BCUT2D eigenvalue weighted by atomic mass is 9.90. The smallest absolute Gasteiger partial charge is 0.338 e. The Balaban J connectivity index is 1.61. The minimum absolute atomic E-state index is 0.00908. The van der Waals surface area contributed by atoms with Crippen molar-refractivity contribution in [2.24, 2.45) is 0 Å². The summed E-state index contributed by atoms with van der Waals surface area (Å²) in [6, 6.07) is 22.8. The molecule has 1 aliphatic heterocycles. The Morgan fingerprint density at radius 1 is 1.03 bits per heavy atom. The minimum Gasteiger partial charge on any atom is -0.507 e. The molecule has 1 aliphatic carbocycles. The lowest BCUT2D eigenvalue weighted by Gasteiger charge is -2.19. The number of benzene rings is 4. The number of methoxy groups -OCH3 is 1. The highest BCUT2D eigenvalue weighted by Crippen LogP contribution is 2.44. The van der Waals surface area contributed by atoms with Gasteiger partial charge in [-0.15, -0.1) is 0 Å². The number of halogens is 1. The molecule has 8 heteroatoms. The average molecular weight is 537 g/mol. The lowest BCUT2D eigenvalue weighted by molar-refractivity contribution is 0.0601. The molecule has 3 aromatic carbocycles. The van der Waals surface area contributed by atoms with Crippen molar-refractivity contribution in [3.8, 4) is 28.2 Å². The number of esters is 1. The van der Waals surface area contributed by atoms with Crippen LogP contribution >= 0.6 is 11.6 Å². The predicted octanol–water partition coefficient (Wildman–Crippen LogP) is 6.87. The lowest BCUT2D eigenvalue weighted by Crippen LogP contribution is -2.07. The topological polar surface area (TPSA) is 102 Å². The van der Waals surface area contributed by atoms with E-state index in [0.29, 0.717) is 38.8 Å². The number of nitrogens with zero attached hydrogens (tertiary/aromatic N) is 1. The number of anilines is 1. The van der Waals surface area contributed by atoms with Gasteiger partial charge in [-0.1, -0.05) is 48.0 Å². The number of phenols is 1. The Morgan fingerprint density at radius 2 is 1.85 bits per heavy atom. The summed E-state index contributed by atoms with van der Waals surface area (Å²) in [5.74, 6) is -0.233. The van der Waals surface area contributed by atoms with Gasteiger partial charge in [0.2, 0.25) is 5.43 Å². The van der Waals surface area contributed by atoms with Crippen LogP contribution in [0.2, 0.25) is 5.02 Å².